The zero-order chi connectivity index (χ0) is 28.7. The second-order valence-corrected chi connectivity index (χ2v) is 11.5. The summed E-state index contributed by atoms with van der Waals surface area (Å²) in [6.45, 7) is 6.78. The first kappa shape index (κ1) is 28.4. The van der Waals surface area contributed by atoms with Crippen molar-refractivity contribution < 1.29 is 14.3 Å². The van der Waals surface area contributed by atoms with E-state index in [4.69, 9.17) is 9.47 Å². The average molecular weight is 571 g/mol. The van der Waals surface area contributed by atoms with Crippen LogP contribution in [0.25, 0.3) is 10.9 Å². The van der Waals surface area contributed by atoms with Crippen molar-refractivity contribution in [2.75, 3.05) is 57.9 Å². The number of amides is 1. The highest BCUT2D eigenvalue weighted by molar-refractivity contribution is 6.03. The van der Waals surface area contributed by atoms with Crippen LogP contribution in [0.5, 0.6) is 11.5 Å². The Morgan fingerprint density at radius 1 is 0.905 bits per heavy atom. The van der Waals surface area contributed by atoms with E-state index in [1.807, 2.05) is 23.2 Å². The van der Waals surface area contributed by atoms with Gasteiger partial charge in [0.2, 0.25) is 0 Å². The van der Waals surface area contributed by atoms with Crippen LogP contribution in [0.2, 0.25) is 0 Å². The number of anilines is 1. The van der Waals surface area contributed by atoms with E-state index in [9.17, 15) is 4.79 Å². The van der Waals surface area contributed by atoms with Gasteiger partial charge in [-0.25, -0.2) is 9.97 Å². The Labute approximate surface area is 248 Å². The number of ether oxygens (including phenoxy) is 2. The largest absolute Gasteiger partial charge is 0.493 e. The van der Waals surface area contributed by atoms with Crippen LogP contribution in [0, 0.1) is 0 Å². The summed E-state index contributed by atoms with van der Waals surface area (Å²) in [5.41, 5.74) is 2.29. The molecule has 222 valence electrons. The SMILES string of the molecule is COc1cc2c(cc1OCCCCCCCCN1CCN(c3ncnc4ccccc34)CC1)N=C[C@@H]1CCCN1C2=O. The summed E-state index contributed by atoms with van der Waals surface area (Å²) in [5, 5.41) is 1.14. The number of carbonyl (C=O) groups excluding carboxylic acids is 1. The Hall–Kier alpha value is -3.72. The number of fused-ring (bicyclic) bond motifs is 3. The normalized spacial score (nSPS) is 18.7. The maximum atomic E-state index is 13.0. The van der Waals surface area contributed by atoms with E-state index in [1.54, 1.807) is 19.5 Å². The van der Waals surface area contributed by atoms with E-state index in [1.165, 1.54) is 32.2 Å². The molecule has 1 atom stereocenters. The molecule has 1 aromatic heterocycles. The lowest BCUT2D eigenvalue weighted by Gasteiger charge is -2.35. The fraction of sp³-hybridized carbons (Fsp3) is 0.515. The predicted molar refractivity (Wildman–Crippen MR) is 167 cm³/mol. The van der Waals surface area contributed by atoms with E-state index in [-0.39, 0.29) is 11.9 Å². The molecule has 42 heavy (non-hydrogen) atoms. The molecule has 0 unspecified atom stereocenters. The van der Waals surface area contributed by atoms with Crippen LogP contribution in [0.3, 0.4) is 0 Å². The first-order valence-corrected chi connectivity index (χ1v) is 15.6. The maximum absolute atomic E-state index is 13.0. The number of piperazine rings is 1. The summed E-state index contributed by atoms with van der Waals surface area (Å²) in [7, 11) is 1.62. The van der Waals surface area contributed by atoms with Crippen molar-refractivity contribution in [1.82, 2.24) is 19.8 Å². The summed E-state index contributed by atoms with van der Waals surface area (Å²) < 4.78 is 11.7. The number of aliphatic imine (C=N–C) groups is 1. The molecule has 0 bridgehead atoms. The lowest BCUT2D eigenvalue weighted by Crippen LogP contribution is -2.47. The van der Waals surface area contributed by atoms with Crippen LogP contribution >= 0.6 is 0 Å². The van der Waals surface area contributed by atoms with Crippen LogP contribution in [-0.2, 0) is 0 Å². The van der Waals surface area contributed by atoms with E-state index in [0.717, 1.165) is 75.1 Å². The summed E-state index contributed by atoms with van der Waals surface area (Å²) in [6, 6.07) is 12.0. The van der Waals surface area contributed by atoms with Gasteiger partial charge in [-0.05, 0) is 50.4 Å². The molecular weight excluding hydrogens is 528 g/mol. The van der Waals surface area contributed by atoms with Gasteiger partial charge in [0, 0.05) is 50.4 Å². The van der Waals surface area contributed by atoms with E-state index >= 15 is 0 Å². The number of benzene rings is 2. The zero-order valence-corrected chi connectivity index (χ0v) is 24.7. The third-order valence-electron chi connectivity index (χ3n) is 8.78. The van der Waals surface area contributed by atoms with Crippen LogP contribution in [-0.4, -0.2) is 90.9 Å². The zero-order valence-electron chi connectivity index (χ0n) is 24.7. The van der Waals surface area contributed by atoms with Crippen molar-refractivity contribution in [2.24, 2.45) is 4.99 Å². The molecular formula is C33H42N6O3. The molecule has 0 spiro atoms. The van der Waals surface area contributed by atoms with Crippen molar-refractivity contribution in [2.45, 2.75) is 57.4 Å². The van der Waals surface area contributed by atoms with Crippen molar-refractivity contribution in [3.63, 3.8) is 0 Å². The number of rotatable bonds is 12. The van der Waals surface area contributed by atoms with Gasteiger partial charge in [0.05, 0.1) is 36.5 Å². The first-order valence-electron chi connectivity index (χ1n) is 15.6. The quantitative estimate of drug-likeness (QED) is 0.266. The van der Waals surface area contributed by atoms with Crippen molar-refractivity contribution >= 4 is 34.5 Å². The van der Waals surface area contributed by atoms with Crippen LogP contribution in [0.15, 0.2) is 47.7 Å². The number of hydrogen-bond acceptors (Lipinski definition) is 8. The summed E-state index contributed by atoms with van der Waals surface area (Å²) in [5.74, 6) is 2.36. The third-order valence-corrected chi connectivity index (χ3v) is 8.78. The van der Waals surface area contributed by atoms with Crippen LogP contribution < -0.4 is 14.4 Å². The number of aromatic nitrogens is 2. The number of hydrogen-bond donors (Lipinski definition) is 0. The lowest BCUT2D eigenvalue weighted by molar-refractivity contribution is 0.0774. The minimum absolute atomic E-state index is 0.0353. The minimum atomic E-state index is 0.0353. The van der Waals surface area contributed by atoms with Crippen molar-refractivity contribution in [3.05, 3.63) is 48.3 Å². The van der Waals surface area contributed by atoms with E-state index < -0.39 is 0 Å². The Kier molecular flexibility index (Phi) is 9.13. The fourth-order valence-electron chi connectivity index (χ4n) is 6.37. The molecule has 1 amide bonds. The van der Waals surface area contributed by atoms with Gasteiger partial charge >= 0.3 is 0 Å². The lowest BCUT2D eigenvalue weighted by atomic mass is 10.1. The van der Waals surface area contributed by atoms with Gasteiger partial charge < -0.3 is 19.3 Å². The Morgan fingerprint density at radius 2 is 1.71 bits per heavy atom. The van der Waals surface area contributed by atoms with Gasteiger partial charge in [-0.1, -0.05) is 37.8 Å². The molecule has 9 heteroatoms. The number of para-hydroxylation sites is 1. The predicted octanol–water partition coefficient (Wildman–Crippen LogP) is 5.50. The maximum Gasteiger partial charge on any atom is 0.256 e. The molecule has 0 aliphatic carbocycles. The Bertz CT molecular complexity index is 1400. The number of nitrogens with zero attached hydrogens (tertiary/aromatic N) is 6. The highest BCUT2D eigenvalue weighted by Crippen LogP contribution is 2.38. The molecule has 2 fully saturated rings. The minimum Gasteiger partial charge on any atom is -0.493 e. The summed E-state index contributed by atoms with van der Waals surface area (Å²) >= 11 is 0. The smallest absolute Gasteiger partial charge is 0.256 e. The van der Waals surface area contributed by atoms with Crippen molar-refractivity contribution in [3.8, 4) is 11.5 Å². The standard InChI is InChI=1S/C33H42N6O3/c1-41-30-21-27-29(34-23-25-11-10-15-39(25)33(27)40)22-31(30)42-20-9-5-3-2-4-8-14-37-16-18-38(19-17-37)32-26-12-6-7-13-28(26)35-24-36-32/h6-7,12-13,21-25H,2-5,8-11,14-20H2,1H3/t25-/m0/s1. The number of carbonyl (C=O) groups is 1. The molecule has 2 saturated heterocycles. The monoisotopic (exact) mass is 570 g/mol. The summed E-state index contributed by atoms with van der Waals surface area (Å²) in [4.78, 5) is 33.6. The molecule has 0 N–H and O–H groups in total. The molecule has 9 nitrogen and oxygen atoms in total. The molecule has 3 aliphatic rings. The second kappa shape index (κ2) is 13.5. The highest BCUT2D eigenvalue weighted by Gasteiger charge is 2.32. The molecule has 6 rings (SSSR count). The van der Waals surface area contributed by atoms with Gasteiger partial charge in [0.1, 0.15) is 12.1 Å². The number of methoxy groups -OCH3 is 1. The van der Waals surface area contributed by atoms with Gasteiger partial charge in [-0.15, -0.1) is 0 Å². The molecule has 4 heterocycles. The van der Waals surface area contributed by atoms with Gasteiger partial charge in [-0.2, -0.15) is 0 Å². The highest BCUT2D eigenvalue weighted by atomic mass is 16.5. The summed E-state index contributed by atoms with van der Waals surface area (Å²) in [6.07, 6.45) is 12.7. The van der Waals surface area contributed by atoms with Gasteiger partial charge in [0.15, 0.2) is 11.5 Å². The van der Waals surface area contributed by atoms with Crippen LogP contribution in [0.4, 0.5) is 11.5 Å². The molecule has 3 aromatic rings. The second-order valence-electron chi connectivity index (χ2n) is 11.5. The third kappa shape index (κ3) is 6.36. The topological polar surface area (TPSA) is 83.4 Å². The first-order chi connectivity index (χ1) is 20.7. The average Bonchev–Trinajstić information content (AvgIpc) is 3.47. The van der Waals surface area contributed by atoms with E-state index in [2.05, 4.69) is 43.0 Å². The molecule has 0 radical (unpaired) electrons. The molecule has 2 aromatic carbocycles. The number of unbranched alkanes of at least 4 members (excludes halogenated alkanes) is 5. The van der Waals surface area contributed by atoms with Crippen LogP contribution in [0.1, 0.15) is 61.7 Å². The van der Waals surface area contributed by atoms with Gasteiger partial charge in [0.25, 0.3) is 5.91 Å². The van der Waals surface area contributed by atoms with Gasteiger partial charge in [-0.3, -0.25) is 14.7 Å². The Balaban J connectivity index is 0.867. The fourth-order valence-corrected chi connectivity index (χ4v) is 6.37. The molecule has 3 aliphatic heterocycles. The van der Waals surface area contributed by atoms with Crippen molar-refractivity contribution in [1.29, 1.82) is 0 Å². The molecule has 0 saturated carbocycles. The van der Waals surface area contributed by atoms with E-state index in [0.29, 0.717) is 29.4 Å². The Morgan fingerprint density at radius 3 is 2.57 bits per heavy atom.